The summed E-state index contributed by atoms with van der Waals surface area (Å²) in [6, 6.07) is 14.1. The van der Waals surface area contributed by atoms with E-state index in [9.17, 15) is 9.59 Å². The molecule has 2 aromatic rings. The van der Waals surface area contributed by atoms with Crippen molar-refractivity contribution in [2.45, 2.75) is 45.4 Å². The fraction of sp³-hybridized carbons (Fsp3) is 0.517. The highest BCUT2D eigenvalue weighted by Gasteiger charge is 2.20. The molecule has 2 aliphatic rings. The highest BCUT2D eigenvalue weighted by molar-refractivity contribution is 5.94. The molecule has 2 aliphatic heterocycles. The molecule has 4 rings (SSSR count). The van der Waals surface area contributed by atoms with Crippen LogP contribution in [0.15, 0.2) is 42.5 Å². The summed E-state index contributed by atoms with van der Waals surface area (Å²) in [7, 11) is 0. The number of hydrogen-bond acceptors (Lipinski definition) is 7. The molecule has 8 nitrogen and oxygen atoms in total. The number of unbranched alkanes of at least 4 members (excludes halogenated alkanes) is 1. The van der Waals surface area contributed by atoms with Crippen molar-refractivity contribution in [3.8, 4) is 11.5 Å². The molecule has 2 heterocycles. The number of hydrogen-bond donors (Lipinski definition) is 1. The quantitative estimate of drug-likeness (QED) is 0.319. The van der Waals surface area contributed by atoms with E-state index in [0.29, 0.717) is 39.1 Å². The summed E-state index contributed by atoms with van der Waals surface area (Å²) in [5, 5.41) is 2.93. The maximum absolute atomic E-state index is 11.6. The first-order valence-corrected chi connectivity index (χ1v) is 13.5. The van der Waals surface area contributed by atoms with E-state index in [-0.39, 0.29) is 11.9 Å². The van der Waals surface area contributed by atoms with Gasteiger partial charge in [-0.2, -0.15) is 0 Å². The minimum absolute atomic E-state index is 0.0757. The zero-order chi connectivity index (χ0) is 25.9. The number of esters is 1. The fourth-order valence-electron chi connectivity index (χ4n) is 4.75. The average molecular weight is 510 g/mol. The van der Waals surface area contributed by atoms with Gasteiger partial charge in [-0.3, -0.25) is 14.5 Å². The van der Waals surface area contributed by atoms with Crippen LogP contribution in [0.3, 0.4) is 0 Å². The molecule has 0 atom stereocenters. The molecule has 0 unspecified atom stereocenters. The van der Waals surface area contributed by atoms with Crippen LogP contribution in [0.25, 0.3) is 0 Å². The maximum atomic E-state index is 11.6. The largest absolute Gasteiger partial charge is 0.494 e. The van der Waals surface area contributed by atoms with Crippen LogP contribution in [0.5, 0.6) is 11.5 Å². The van der Waals surface area contributed by atoms with Gasteiger partial charge in [0.15, 0.2) is 0 Å². The number of rotatable bonds is 13. The monoisotopic (exact) mass is 509 g/mol. The number of amides is 1. The lowest BCUT2D eigenvalue weighted by molar-refractivity contribution is -0.143. The molecule has 2 aromatic carbocycles. The third-order valence-electron chi connectivity index (χ3n) is 6.78. The molecule has 0 radical (unpaired) electrons. The average Bonchev–Trinajstić information content (AvgIpc) is 2.91. The van der Waals surface area contributed by atoms with Crippen molar-refractivity contribution in [1.29, 1.82) is 0 Å². The number of piperazine rings is 1. The third kappa shape index (κ3) is 8.12. The van der Waals surface area contributed by atoms with E-state index in [1.54, 1.807) is 0 Å². The number of nitrogens with zero attached hydrogens (tertiary/aromatic N) is 2. The second-order valence-electron chi connectivity index (χ2n) is 9.48. The molecule has 37 heavy (non-hydrogen) atoms. The molecule has 0 aliphatic carbocycles. The van der Waals surface area contributed by atoms with Crippen molar-refractivity contribution in [3.05, 3.63) is 48.0 Å². The van der Waals surface area contributed by atoms with Gasteiger partial charge in [-0.25, -0.2) is 0 Å². The highest BCUT2D eigenvalue weighted by atomic mass is 16.5. The van der Waals surface area contributed by atoms with Gasteiger partial charge >= 0.3 is 5.97 Å². The zero-order valence-electron chi connectivity index (χ0n) is 21.9. The highest BCUT2D eigenvalue weighted by Crippen LogP contribution is 2.29. The van der Waals surface area contributed by atoms with E-state index in [4.69, 9.17) is 14.2 Å². The normalized spacial score (nSPS) is 15.6. The second-order valence-corrected chi connectivity index (χ2v) is 9.48. The van der Waals surface area contributed by atoms with Crippen molar-refractivity contribution in [2.75, 3.05) is 62.8 Å². The molecular weight excluding hydrogens is 470 g/mol. The Kier molecular flexibility index (Phi) is 10.1. The summed E-state index contributed by atoms with van der Waals surface area (Å²) in [5.74, 6) is 1.59. The molecule has 8 heteroatoms. The molecule has 1 fully saturated rings. The Morgan fingerprint density at radius 1 is 0.946 bits per heavy atom. The van der Waals surface area contributed by atoms with Gasteiger partial charge in [0.1, 0.15) is 11.5 Å². The number of anilines is 2. The minimum atomic E-state index is -0.171. The van der Waals surface area contributed by atoms with Crippen LogP contribution < -0.4 is 19.7 Å². The Morgan fingerprint density at radius 3 is 2.59 bits per heavy atom. The van der Waals surface area contributed by atoms with Crippen LogP contribution in [0.4, 0.5) is 11.4 Å². The Balaban J connectivity index is 1.13. The Labute approximate surface area is 219 Å². The van der Waals surface area contributed by atoms with Crippen molar-refractivity contribution in [3.63, 3.8) is 0 Å². The van der Waals surface area contributed by atoms with Gasteiger partial charge in [0.25, 0.3) is 0 Å². The molecule has 1 N–H and O–H groups in total. The summed E-state index contributed by atoms with van der Waals surface area (Å²) in [5.41, 5.74) is 3.18. The number of carbonyl (C=O) groups is 2. The number of fused-ring (bicyclic) bond motifs is 1. The van der Waals surface area contributed by atoms with Crippen LogP contribution in [-0.4, -0.2) is 69.3 Å². The molecule has 0 saturated carbocycles. The Bertz CT molecular complexity index is 1040. The predicted molar refractivity (Wildman–Crippen MR) is 145 cm³/mol. The minimum Gasteiger partial charge on any atom is -0.494 e. The lowest BCUT2D eigenvalue weighted by atomic mass is 10.0. The van der Waals surface area contributed by atoms with Crippen molar-refractivity contribution in [1.82, 2.24) is 4.90 Å². The van der Waals surface area contributed by atoms with Gasteiger partial charge in [0, 0.05) is 50.8 Å². The zero-order valence-corrected chi connectivity index (χ0v) is 21.9. The Hall–Kier alpha value is -3.26. The van der Waals surface area contributed by atoms with E-state index >= 15 is 0 Å². The lowest BCUT2D eigenvalue weighted by Crippen LogP contribution is -2.46. The lowest BCUT2D eigenvalue weighted by Gasteiger charge is -2.36. The summed E-state index contributed by atoms with van der Waals surface area (Å²) >= 11 is 0. The molecule has 0 bridgehead atoms. The van der Waals surface area contributed by atoms with E-state index in [1.165, 1.54) is 5.56 Å². The molecular formula is C29H39N3O5. The van der Waals surface area contributed by atoms with Crippen LogP contribution in [0.2, 0.25) is 0 Å². The first-order valence-electron chi connectivity index (χ1n) is 13.5. The maximum Gasteiger partial charge on any atom is 0.305 e. The molecule has 1 saturated heterocycles. The SMILES string of the molecule is CCOC(=O)CCCOc1ccccc1N1CCN(CCCCOc2ccc3c(c2)NC(=O)CC3)CC1. The van der Waals surface area contributed by atoms with Crippen molar-refractivity contribution >= 4 is 23.3 Å². The number of aryl methyl sites for hydroxylation is 1. The van der Waals surface area contributed by atoms with Gasteiger partial charge in [-0.15, -0.1) is 0 Å². The summed E-state index contributed by atoms with van der Waals surface area (Å²) in [4.78, 5) is 28.0. The number of nitrogens with one attached hydrogen (secondary N) is 1. The van der Waals surface area contributed by atoms with Crippen LogP contribution in [0, 0.1) is 0 Å². The smallest absolute Gasteiger partial charge is 0.305 e. The van der Waals surface area contributed by atoms with E-state index in [0.717, 1.165) is 74.9 Å². The van der Waals surface area contributed by atoms with E-state index in [2.05, 4.69) is 27.2 Å². The topological polar surface area (TPSA) is 80.3 Å². The number of para-hydroxylation sites is 2. The summed E-state index contributed by atoms with van der Waals surface area (Å²) < 4.78 is 16.9. The predicted octanol–water partition coefficient (Wildman–Crippen LogP) is 4.27. The first kappa shape index (κ1) is 26.8. The Morgan fingerprint density at radius 2 is 1.76 bits per heavy atom. The van der Waals surface area contributed by atoms with E-state index in [1.807, 2.05) is 37.3 Å². The number of benzene rings is 2. The molecule has 0 spiro atoms. The fourth-order valence-corrected chi connectivity index (χ4v) is 4.75. The van der Waals surface area contributed by atoms with Gasteiger partial charge in [-0.05, 0) is 62.9 Å². The van der Waals surface area contributed by atoms with Crippen molar-refractivity contribution < 1.29 is 23.8 Å². The van der Waals surface area contributed by atoms with Crippen LogP contribution in [0.1, 0.15) is 44.6 Å². The van der Waals surface area contributed by atoms with Gasteiger partial charge in [-0.1, -0.05) is 18.2 Å². The van der Waals surface area contributed by atoms with Crippen LogP contribution in [-0.2, 0) is 20.7 Å². The van der Waals surface area contributed by atoms with Crippen molar-refractivity contribution in [2.24, 2.45) is 0 Å². The number of ether oxygens (including phenoxy) is 3. The second kappa shape index (κ2) is 13.9. The first-order chi connectivity index (χ1) is 18.1. The van der Waals surface area contributed by atoms with Gasteiger partial charge in [0.05, 0.1) is 25.5 Å². The summed E-state index contributed by atoms with van der Waals surface area (Å²) in [6.07, 6.45) is 4.46. The molecule has 1 amide bonds. The van der Waals surface area contributed by atoms with Crippen LogP contribution >= 0.6 is 0 Å². The van der Waals surface area contributed by atoms with E-state index < -0.39 is 0 Å². The standard InChI is InChI=1S/C29H39N3O5/c1-2-35-29(34)10-7-21-37-27-9-4-3-8-26(27)32-18-16-31(17-19-32)15-5-6-20-36-24-13-11-23-12-14-28(33)30-25(23)22-24/h3-4,8-9,11,13,22H,2,5-7,10,12,14-21H2,1H3,(H,30,33). The summed E-state index contributed by atoms with van der Waals surface area (Å²) in [6.45, 7) is 8.42. The molecule has 200 valence electrons. The number of carbonyl (C=O) groups excluding carboxylic acids is 2. The van der Waals surface area contributed by atoms with Gasteiger partial charge in [0.2, 0.25) is 5.91 Å². The molecule has 0 aromatic heterocycles. The third-order valence-corrected chi connectivity index (χ3v) is 6.78. The van der Waals surface area contributed by atoms with Gasteiger partial charge < -0.3 is 24.4 Å².